The molecule has 3 aliphatic carbocycles. The molecule has 0 heterocycles. The zero-order chi connectivity index (χ0) is 25.5. The zero-order valence-corrected chi connectivity index (χ0v) is 19.9. The Morgan fingerprint density at radius 3 is 2.26 bits per heavy atom. The molecule has 0 saturated heterocycles. The third kappa shape index (κ3) is 3.10. The maximum Gasteiger partial charge on any atom is 0.235 e. The summed E-state index contributed by atoms with van der Waals surface area (Å²) in [5.74, 6) is -10.2. The molecule has 0 radical (unpaired) electrons. The summed E-state index contributed by atoms with van der Waals surface area (Å²) in [4.78, 5) is 67.0. The number of rotatable bonds is 2. The molecule has 2 fully saturated rings. The van der Waals surface area contributed by atoms with Crippen molar-refractivity contribution in [1.29, 1.82) is 0 Å². The monoisotopic (exact) mass is 470 g/mol. The number of hydrogen-bond donors (Lipinski definition) is 3. The second-order valence-electron chi connectivity index (χ2n) is 11.0. The molecule has 3 unspecified atom stereocenters. The molecule has 9 heteroatoms. The van der Waals surface area contributed by atoms with Crippen LogP contribution in [-0.4, -0.2) is 69.9 Å². The number of ketones is 4. The van der Waals surface area contributed by atoms with Crippen molar-refractivity contribution in [3.8, 4) is 5.75 Å². The van der Waals surface area contributed by atoms with Gasteiger partial charge in [-0.3, -0.25) is 28.9 Å². The highest BCUT2D eigenvalue weighted by atomic mass is 16.3. The van der Waals surface area contributed by atoms with Crippen molar-refractivity contribution in [2.75, 3.05) is 14.1 Å². The molecule has 2 saturated carbocycles. The van der Waals surface area contributed by atoms with Gasteiger partial charge in [0.15, 0.2) is 34.7 Å². The summed E-state index contributed by atoms with van der Waals surface area (Å²) >= 11 is 0. The minimum atomic E-state index is -2.70. The van der Waals surface area contributed by atoms with E-state index in [9.17, 15) is 34.2 Å². The molecule has 0 aliphatic heterocycles. The van der Waals surface area contributed by atoms with Crippen LogP contribution in [0.2, 0.25) is 0 Å². The maximum atomic E-state index is 13.7. The number of carbonyl (C=O) groups excluding carboxylic acids is 5. The molecule has 0 spiro atoms. The van der Waals surface area contributed by atoms with Gasteiger partial charge in [-0.05, 0) is 49.4 Å². The van der Waals surface area contributed by atoms with Crippen molar-refractivity contribution < 1.29 is 34.2 Å². The van der Waals surface area contributed by atoms with E-state index in [2.05, 4.69) is 0 Å². The Hall–Kier alpha value is -2.91. The average Bonchev–Trinajstić information content (AvgIpc) is 2.69. The summed E-state index contributed by atoms with van der Waals surface area (Å²) in [6, 6.07) is 2.42. The zero-order valence-electron chi connectivity index (χ0n) is 19.9. The lowest BCUT2D eigenvalue weighted by Gasteiger charge is -2.52. The SMILES string of the molecule is CN(C)C1C(=O)C(C(N)=O)C(=O)[C@@]2(O)C(=O)C3C(=O)c4c(ccc(C(C)(C)C)c4O)C[C@H]3C[C@@H]12. The molecule has 1 amide bonds. The Labute approximate surface area is 197 Å². The summed E-state index contributed by atoms with van der Waals surface area (Å²) in [5.41, 5.74) is 3.30. The number of likely N-dealkylation sites (N-methyl/N-ethyl adjacent to an activating group) is 1. The summed E-state index contributed by atoms with van der Waals surface area (Å²) in [6.07, 6.45) is 0.315. The first-order valence-corrected chi connectivity index (χ1v) is 11.3. The normalized spacial score (nSPS) is 33.4. The van der Waals surface area contributed by atoms with Crippen LogP contribution in [0.5, 0.6) is 5.75 Å². The first-order valence-electron chi connectivity index (χ1n) is 11.3. The topological polar surface area (TPSA) is 155 Å². The first kappa shape index (κ1) is 24.2. The minimum absolute atomic E-state index is 0.0269. The molecule has 9 nitrogen and oxygen atoms in total. The molecule has 0 aromatic heterocycles. The van der Waals surface area contributed by atoms with Crippen LogP contribution in [0.15, 0.2) is 12.1 Å². The maximum absolute atomic E-state index is 13.7. The molecule has 182 valence electrons. The molecule has 3 aliphatic rings. The molecular weight excluding hydrogens is 440 g/mol. The van der Waals surface area contributed by atoms with E-state index < -0.39 is 69.8 Å². The molecular formula is C25H30N2O7. The van der Waals surface area contributed by atoms with E-state index in [0.717, 1.165) is 0 Å². The number of aliphatic hydroxyl groups is 1. The fraction of sp³-hybridized carbons (Fsp3) is 0.560. The summed E-state index contributed by atoms with van der Waals surface area (Å²) < 4.78 is 0. The predicted molar refractivity (Wildman–Crippen MR) is 120 cm³/mol. The number of Topliss-reactive ketones (excluding diaryl/α,β-unsaturated/α-hetero) is 4. The Morgan fingerprint density at radius 2 is 1.74 bits per heavy atom. The van der Waals surface area contributed by atoms with Crippen molar-refractivity contribution in [2.24, 2.45) is 29.4 Å². The van der Waals surface area contributed by atoms with E-state index in [1.807, 2.05) is 20.8 Å². The van der Waals surface area contributed by atoms with Crippen LogP contribution < -0.4 is 5.73 Å². The van der Waals surface area contributed by atoms with Crippen LogP contribution in [-0.2, 0) is 31.0 Å². The minimum Gasteiger partial charge on any atom is -0.507 e. The van der Waals surface area contributed by atoms with Gasteiger partial charge in [-0.2, -0.15) is 0 Å². The van der Waals surface area contributed by atoms with Gasteiger partial charge in [0.25, 0.3) is 0 Å². The number of carbonyl (C=O) groups is 5. The van der Waals surface area contributed by atoms with Gasteiger partial charge in [-0.1, -0.05) is 32.9 Å². The van der Waals surface area contributed by atoms with E-state index in [1.165, 1.54) is 4.90 Å². The number of amides is 1. The lowest BCUT2D eigenvalue weighted by Crippen LogP contribution is -2.74. The number of nitrogens with zero attached hydrogens (tertiary/aromatic N) is 1. The number of phenols is 1. The third-order valence-corrected chi connectivity index (χ3v) is 7.74. The van der Waals surface area contributed by atoms with Crippen molar-refractivity contribution >= 4 is 29.0 Å². The standard InChI is InChI=1S/C25H30N2O7/c1-24(2,3)12-7-6-10-8-11-9-13-17(27(4)5)20(30)16(23(26)33)22(32)25(13,34)21(31)15(11)19(29)14(10)18(12)28/h6-7,11,13,15-17,28,34H,8-9H2,1-5H3,(H2,26,33)/t11-,13-,15?,16?,17?,25-/m0/s1. The van der Waals surface area contributed by atoms with Gasteiger partial charge in [-0.15, -0.1) is 0 Å². The van der Waals surface area contributed by atoms with Gasteiger partial charge in [0.2, 0.25) is 5.91 Å². The number of phenolic OH excluding ortho intramolecular Hbond substituents is 1. The largest absolute Gasteiger partial charge is 0.507 e. The van der Waals surface area contributed by atoms with Gasteiger partial charge in [0.05, 0.1) is 17.5 Å². The Bertz CT molecular complexity index is 1150. The Balaban J connectivity index is 1.87. The molecule has 34 heavy (non-hydrogen) atoms. The van der Waals surface area contributed by atoms with E-state index in [-0.39, 0.29) is 24.2 Å². The molecule has 6 atom stereocenters. The fourth-order valence-electron chi connectivity index (χ4n) is 6.19. The van der Waals surface area contributed by atoms with E-state index >= 15 is 0 Å². The average molecular weight is 471 g/mol. The summed E-state index contributed by atoms with van der Waals surface area (Å²) in [6.45, 7) is 5.64. The van der Waals surface area contributed by atoms with Crippen molar-refractivity contribution in [1.82, 2.24) is 4.90 Å². The molecule has 0 bridgehead atoms. The quantitative estimate of drug-likeness (QED) is 0.517. The molecule has 1 aromatic rings. The van der Waals surface area contributed by atoms with E-state index in [0.29, 0.717) is 11.1 Å². The number of nitrogens with two attached hydrogens (primary N) is 1. The first-order chi connectivity index (χ1) is 15.6. The Morgan fingerprint density at radius 1 is 1.12 bits per heavy atom. The fourth-order valence-corrected chi connectivity index (χ4v) is 6.19. The van der Waals surface area contributed by atoms with Crippen LogP contribution in [0.25, 0.3) is 0 Å². The number of benzene rings is 1. The van der Waals surface area contributed by atoms with Crippen LogP contribution in [0.1, 0.15) is 48.7 Å². The van der Waals surface area contributed by atoms with Crippen LogP contribution in [0.3, 0.4) is 0 Å². The van der Waals surface area contributed by atoms with Crippen LogP contribution in [0, 0.1) is 23.7 Å². The highest BCUT2D eigenvalue weighted by molar-refractivity contribution is 6.32. The number of aromatic hydroxyl groups is 1. The second-order valence-corrected chi connectivity index (χ2v) is 11.0. The third-order valence-electron chi connectivity index (χ3n) is 7.74. The number of fused-ring (bicyclic) bond motifs is 3. The Kier molecular flexibility index (Phi) is 5.38. The smallest absolute Gasteiger partial charge is 0.235 e. The van der Waals surface area contributed by atoms with Crippen molar-refractivity contribution in [3.63, 3.8) is 0 Å². The van der Waals surface area contributed by atoms with E-state index in [4.69, 9.17) is 5.73 Å². The van der Waals surface area contributed by atoms with Crippen molar-refractivity contribution in [2.45, 2.75) is 50.7 Å². The molecule has 1 aromatic carbocycles. The summed E-state index contributed by atoms with van der Waals surface area (Å²) in [7, 11) is 3.11. The van der Waals surface area contributed by atoms with Crippen molar-refractivity contribution in [3.05, 3.63) is 28.8 Å². The van der Waals surface area contributed by atoms with Gasteiger partial charge in [-0.25, -0.2) is 0 Å². The number of primary amides is 1. The highest BCUT2D eigenvalue weighted by Crippen LogP contribution is 2.51. The predicted octanol–water partition coefficient (Wildman–Crippen LogP) is 0.165. The van der Waals surface area contributed by atoms with Crippen LogP contribution in [0.4, 0.5) is 0 Å². The number of hydrogen-bond acceptors (Lipinski definition) is 8. The van der Waals surface area contributed by atoms with Gasteiger partial charge < -0.3 is 15.9 Å². The molecule has 4 N–H and O–H groups in total. The highest BCUT2D eigenvalue weighted by Gasteiger charge is 2.69. The lowest BCUT2D eigenvalue weighted by molar-refractivity contribution is -0.181. The van der Waals surface area contributed by atoms with Gasteiger partial charge in [0.1, 0.15) is 5.75 Å². The molecule has 4 rings (SSSR count). The second kappa shape index (κ2) is 7.55. The van der Waals surface area contributed by atoms with Crippen LogP contribution >= 0.6 is 0 Å². The van der Waals surface area contributed by atoms with Gasteiger partial charge >= 0.3 is 0 Å². The lowest BCUT2D eigenvalue weighted by atomic mass is 9.52. The van der Waals surface area contributed by atoms with Gasteiger partial charge in [0, 0.05) is 5.92 Å². The summed E-state index contributed by atoms with van der Waals surface area (Å²) in [5, 5.41) is 22.5. The van der Waals surface area contributed by atoms with E-state index in [1.54, 1.807) is 26.2 Å².